The lowest BCUT2D eigenvalue weighted by molar-refractivity contribution is -0.0921. The molecule has 186 valence electrons. The molecule has 2 unspecified atom stereocenters. The van der Waals surface area contributed by atoms with E-state index < -0.39 is 0 Å². The Labute approximate surface area is 202 Å². The monoisotopic (exact) mass is 469 g/mol. The van der Waals surface area contributed by atoms with Crippen LogP contribution in [0, 0.1) is 20.8 Å². The van der Waals surface area contributed by atoms with Crippen LogP contribution >= 0.6 is 0 Å². The Morgan fingerprint density at radius 2 is 1.91 bits per heavy atom. The molecule has 8 heteroatoms. The summed E-state index contributed by atoms with van der Waals surface area (Å²) in [5.74, 6) is 1.47. The molecule has 8 nitrogen and oxygen atoms in total. The zero-order valence-corrected chi connectivity index (χ0v) is 21.4. The number of carbonyl (C=O) groups is 1. The third-order valence-corrected chi connectivity index (χ3v) is 5.91. The highest BCUT2D eigenvalue weighted by molar-refractivity contribution is 5.81. The largest absolute Gasteiger partial charge is 0.465 e. The molecule has 1 aromatic carbocycles. The minimum Gasteiger partial charge on any atom is -0.465 e. The van der Waals surface area contributed by atoms with Crippen LogP contribution in [-0.4, -0.2) is 44.9 Å². The Morgan fingerprint density at radius 3 is 2.62 bits per heavy atom. The van der Waals surface area contributed by atoms with E-state index in [-0.39, 0.29) is 18.1 Å². The molecule has 0 saturated heterocycles. The summed E-state index contributed by atoms with van der Waals surface area (Å²) in [6, 6.07) is 8.07. The molecular formula is C26H39N5O3. The van der Waals surface area contributed by atoms with Gasteiger partial charge in [-0.3, -0.25) is 10.1 Å². The van der Waals surface area contributed by atoms with E-state index in [9.17, 15) is 4.79 Å². The van der Waals surface area contributed by atoms with Gasteiger partial charge in [-0.1, -0.05) is 50.8 Å². The fourth-order valence-corrected chi connectivity index (χ4v) is 4.11. The number of aromatic nitrogens is 4. The van der Waals surface area contributed by atoms with Crippen LogP contribution < -0.4 is 10.1 Å². The van der Waals surface area contributed by atoms with Gasteiger partial charge in [0.25, 0.3) is 0 Å². The van der Waals surface area contributed by atoms with Crippen LogP contribution in [0.5, 0.6) is 5.75 Å². The molecule has 34 heavy (non-hydrogen) atoms. The molecule has 1 N–H and O–H groups in total. The molecule has 0 bridgehead atoms. The molecule has 3 aromatic rings. The molecule has 0 radical (unpaired) electrons. The number of aryl methyl sites for hydroxylation is 3. The second-order valence-electron chi connectivity index (χ2n) is 9.18. The first-order valence-corrected chi connectivity index (χ1v) is 12.3. The fraction of sp³-hybridized carbons (Fsp3) is 0.577. The summed E-state index contributed by atoms with van der Waals surface area (Å²) in [5, 5.41) is 12.2. The highest BCUT2D eigenvalue weighted by Crippen LogP contribution is 2.22. The van der Waals surface area contributed by atoms with Gasteiger partial charge in [-0.25, -0.2) is 4.57 Å². The Kier molecular flexibility index (Phi) is 9.24. The van der Waals surface area contributed by atoms with Gasteiger partial charge in [0.2, 0.25) is 12.2 Å². The molecular weight excluding hydrogens is 430 g/mol. The average molecular weight is 470 g/mol. The summed E-state index contributed by atoms with van der Waals surface area (Å²) in [4.78, 5) is 12.3. The van der Waals surface area contributed by atoms with E-state index in [1.165, 1.54) is 29.5 Å². The first kappa shape index (κ1) is 25.9. The van der Waals surface area contributed by atoms with Crippen molar-refractivity contribution in [1.29, 1.82) is 0 Å². The Morgan fingerprint density at radius 1 is 1.12 bits per heavy atom. The first-order valence-electron chi connectivity index (χ1n) is 12.3. The van der Waals surface area contributed by atoms with E-state index in [0.29, 0.717) is 24.7 Å². The van der Waals surface area contributed by atoms with Crippen LogP contribution in [0.3, 0.4) is 0 Å². The Balaban J connectivity index is 1.57. The molecule has 2 aromatic heterocycles. The normalized spacial score (nSPS) is 13.4. The first-order chi connectivity index (χ1) is 16.3. The highest BCUT2D eigenvalue weighted by Gasteiger charge is 2.21. The van der Waals surface area contributed by atoms with Gasteiger partial charge in [0.05, 0.1) is 5.69 Å². The average Bonchev–Trinajstić information content (AvgIpc) is 3.31. The number of nitrogens with one attached hydrogen (secondary N) is 1. The van der Waals surface area contributed by atoms with Crippen LogP contribution in [0.4, 0.5) is 0 Å². The SMILES string of the molecule is CCCCCCC(OCNCC(C)c1nn2nc(C)cc2n1C(C)=O)Oc1ccc(C)cc1C. The Bertz CT molecular complexity index is 1090. The van der Waals surface area contributed by atoms with Crippen LogP contribution in [0.25, 0.3) is 5.65 Å². The molecule has 0 fully saturated rings. The Hall–Kier alpha value is -2.71. The van der Waals surface area contributed by atoms with Crippen molar-refractivity contribution in [3.63, 3.8) is 0 Å². The van der Waals surface area contributed by atoms with Gasteiger partial charge in [0.1, 0.15) is 18.3 Å². The maximum atomic E-state index is 12.3. The van der Waals surface area contributed by atoms with Crippen molar-refractivity contribution in [3.8, 4) is 5.75 Å². The molecule has 0 aliphatic carbocycles. The maximum Gasteiger partial charge on any atom is 0.230 e. The molecule has 3 rings (SSSR count). The van der Waals surface area contributed by atoms with E-state index in [2.05, 4.69) is 48.4 Å². The van der Waals surface area contributed by atoms with Crippen molar-refractivity contribution < 1.29 is 14.3 Å². The molecule has 2 heterocycles. The predicted octanol–water partition coefficient (Wildman–Crippen LogP) is 5.16. The van der Waals surface area contributed by atoms with Gasteiger partial charge < -0.3 is 9.47 Å². The standard InChI is InChI=1S/C26H39N5O3/c1-7-8-9-10-11-25(34-23-13-12-18(2)14-19(23)3)33-17-27-16-20(4)26-29-31-24(15-21(5)28-31)30(26)22(6)32/h12-15,20,25,27H,7-11,16-17H2,1-6H3. The summed E-state index contributed by atoms with van der Waals surface area (Å²) in [7, 11) is 0. The van der Waals surface area contributed by atoms with Gasteiger partial charge in [0.15, 0.2) is 5.65 Å². The second kappa shape index (κ2) is 12.1. The van der Waals surface area contributed by atoms with Gasteiger partial charge in [-0.15, -0.1) is 9.73 Å². The third-order valence-electron chi connectivity index (χ3n) is 5.91. The van der Waals surface area contributed by atoms with Crippen LogP contribution in [-0.2, 0) is 4.74 Å². The topological polar surface area (TPSA) is 82.7 Å². The zero-order chi connectivity index (χ0) is 24.7. The fourth-order valence-electron chi connectivity index (χ4n) is 4.11. The van der Waals surface area contributed by atoms with Gasteiger partial charge in [-0.05, 0) is 38.8 Å². The second-order valence-corrected chi connectivity index (χ2v) is 9.18. The van der Waals surface area contributed by atoms with E-state index in [4.69, 9.17) is 9.47 Å². The molecule has 0 amide bonds. The van der Waals surface area contributed by atoms with Crippen molar-refractivity contribution in [2.75, 3.05) is 13.3 Å². The number of nitrogens with zero attached hydrogens (tertiary/aromatic N) is 4. The summed E-state index contributed by atoms with van der Waals surface area (Å²) >= 11 is 0. The highest BCUT2D eigenvalue weighted by atomic mass is 16.7. The lowest BCUT2D eigenvalue weighted by Gasteiger charge is -2.22. The number of hydrogen-bond acceptors (Lipinski definition) is 6. The minimum absolute atomic E-state index is 0.00206. The van der Waals surface area contributed by atoms with Crippen LogP contribution in [0.1, 0.15) is 86.2 Å². The zero-order valence-electron chi connectivity index (χ0n) is 21.4. The minimum atomic E-state index is -0.313. The van der Waals surface area contributed by atoms with Crippen molar-refractivity contribution in [3.05, 3.63) is 46.9 Å². The van der Waals surface area contributed by atoms with Crippen LogP contribution in [0.15, 0.2) is 24.3 Å². The quantitative estimate of drug-likeness (QED) is 0.275. The summed E-state index contributed by atoms with van der Waals surface area (Å²) in [5.41, 5.74) is 3.85. The molecule has 0 aliphatic rings. The lowest BCUT2D eigenvalue weighted by atomic mass is 10.1. The molecule has 2 atom stereocenters. The molecule has 0 aliphatic heterocycles. The number of carbonyl (C=O) groups excluding carboxylic acids is 1. The van der Waals surface area contributed by atoms with Gasteiger partial charge in [-0.2, -0.15) is 5.10 Å². The van der Waals surface area contributed by atoms with Crippen molar-refractivity contribution >= 4 is 11.6 Å². The summed E-state index contributed by atoms with van der Waals surface area (Å²) in [6.45, 7) is 12.8. The van der Waals surface area contributed by atoms with Crippen molar-refractivity contribution in [2.24, 2.45) is 0 Å². The number of fused-ring (bicyclic) bond motifs is 1. The van der Waals surface area contributed by atoms with Crippen LogP contribution in [0.2, 0.25) is 0 Å². The summed E-state index contributed by atoms with van der Waals surface area (Å²) < 4.78 is 15.5. The number of ether oxygens (including phenoxy) is 2. The summed E-state index contributed by atoms with van der Waals surface area (Å²) in [6.07, 6.45) is 5.18. The third kappa shape index (κ3) is 6.67. The number of benzene rings is 1. The smallest absolute Gasteiger partial charge is 0.230 e. The number of unbranched alkanes of at least 4 members (excludes halogenated alkanes) is 3. The molecule has 0 saturated carbocycles. The number of rotatable bonds is 13. The predicted molar refractivity (Wildman–Crippen MR) is 133 cm³/mol. The van der Waals surface area contributed by atoms with Crippen molar-refractivity contribution in [1.82, 2.24) is 24.7 Å². The number of hydrogen-bond donors (Lipinski definition) is 1. The van der Waals surface area contributed by atoms with Crippen molar-refractivity contribution in [2.45, 2.75) is 85.9 Å². The van der Waals surface area contributed by atoms with E-state index in [1.807, 2.05) is 26.0 Å². The van der Waals surface area contributed by atoms with Gasteiger partial charge >= 0.3 is 0 Å². The maximum absolute atomic E-state index is 12.3. The van der Waals surface area contributed by atoms with E-state index >= 15 is 0 Å². The molecule has 0 spiro atoms. The van der Waals surface area contributed by atoms with E-state index in [1.54, 1.807) is 11.5 Å². The lowest BCUT2D eigenvalue weighted by Crippen LogP contribution is -2.30. The van der Waals surface area contributed by atoms with Gasteiger partial charge in [0, 0.05) is 31.9 Å². The van der Waals surface area contributed by atoms with E-state index in [0.717, 1.165) is 29.8 Å².